The number of ether oxygens (including phenoxy) is 1. The van der Waals surface area contributed by atoms with Crippen LogP contribution >= 0.6 is 0 Å². The Morgan fingerprint density at radius 2 is 2.09 bits per heavy atom. The molecule has 0 saturated carbocycles. The maximum absolute atomic E-state index is 5.17. The molecule has 0 N–H and O–H groups in total. The van der Waals surface area contributed by atoms with Gasteiger partial charge in [0, 0.05) is 20.1 Å². The van der Waals surface area contributed by atoms with Gasteiger partial charge in [-0.1, -0.05) is 12.1 Å². The first-order valence-corrected chi connectivity index (χ1v) is 7.51. The van der Waals surface area contributed by atoms with Crippen LogP contribution < -0.4 is 0 Å². The van der Waals surface area contributed by atoms with Crippen molar-refractivity contribution < 1.29 is 4.74 Å². The first-order chi connectivity index (χ1) is 11.2. The first kappa shape index (κ1) is 15.4. The Kier molecular flexibility index (Phi) is 4.47. The topological polar surface area (TPSA) is 70.7 Å². The van der Waals surface area contributed by atoms with Gasteiger partial charge in [-0.05, 0) is 31.0 Å². The highest BCUT2D eigenvalue weighted by molar-refractivity contribution is 5.43. The van der Waals surface area contributed by atoms with Crippen LogP contribution in [0.2, 0.25) is 0 Å². The second kappa shape index (κ2) is 6.70. The molecule has 0 atom stereocenters. The Balaban J connectivity index is 1.95. The van der Waals surface area contributed by atoms with Crippen molar-refractivity contribution in [1.29, 1.82) is 0 Å². The molecular weight excluding hydrogens is 292 g/mol. The largest absolute Gasteiger partial charge is 0.377 e. The van der Waals surface area contributed by atoms with Crippen LogP contribution in [-0.4, -0.2) is 36.6 Å². The maximum Gasteiger partial charge on any atom is 0.176 e. The third kappa shape index (κ3) is 3.45. The van der Waals surface area contributed by atoms with Crippen LogP contribution in [0.5, 0.6) is 0 Å². The molecule has 2 heterocycles. The number of hydrogen-bond acceptors (Lipinski definition) is 5. The van der Waals surface area contributed by atoms with E-state index in [1.807, 2.05) is 4.68 Å². The Hall–Kier alpha value is -2.54. The van der Waals surface area contributed by atoms with E-state index in [0.29, 0.717) is 25.4 Å². The molecule has 0 spiro atoms. The van der Waals surface area contributed by atoms with E-state index in [1.165, 1.54) is 11.9 Å². The van der Waals surface area contributed by atoms with Gasteiger partial charge in [0.15, 0.2) is 5.82 Å². The fourth-order valence-corrected chi connectivity index (χ4v) is 2.45. The van der Waals surface area contributed by atoms with Crippen LogP contribution in [0.15, 0.2) is 30.9 Å². The van der Waals surface area contributed by atoms with Gasteiger partial charge in [0.2, 0.25) is 0 Å². The second-order valence-electron chi connectivity index (χ2n) is 5.49. The third-order valence-electron chi connectivity index (χ3n) is 3.62. The lowest BCUT2D eigenvalue weighted by atomic mass is 10.1. The molecule has 0 amide bonds. The number of methoxy groups -OCH3 is 1. The van der Waals surface area contributed by atoms with E-state index in [2.05, 4.69) is 52.2 Å². The quantitative estimate of drug-likeness (QED) is 0.695. The van der Waals surface area contributed by atoms with E-state index in [-0.39, 0.29) is 0 Å². The van der Waals surface area contributed by atoms with E-state index >= 15 is 0 Å². The minimum Gasteiger partial charge on any atom is -0.377 e. The molecule has 0 aliphatic heterocycles. The lowest BCUT2D eigenvalue weighted by Crippen LogP contribution is -2.09. The average molecular weight is 312 g/mol. The molecule has 0 radical (unpaired) electrons. The van der Waals surface area contributed by atoms with Crippen LogP contribution in [0.25, 0.3) is 5.69 Å². The summed E-state index contributed by atoms with van der Waals surface area (Å²) >= 11 is 0. The molecule has 3 rings (SSSR count). The van der Waals surface area contributed by atoms with Gasteiger partial charge in [-0.3, -0.25) is 4.68 Å². The number of aromatic nitrogens is 6. The Morgan fingerprint density at radius 1 is 1.22 bits per heavy atom. The highest BCUT2D eigenvalue weighted by Crippen LogP contribution is 2.18. The molecule has 7 nitrogen and oxygen atoms in total. The Bertz CT molecular complexity index is 778. The molecule has 23 heavy (non-hydrogen) atoms. The number of hydrogen-bond donors (Lipinski definition) is 0. The van der Waals surface area contributed by atoms with Crippen LogP contribution in [0, 0.1) is 13.8 Å². The normalized spacial score (nSPS) is 11.1. The van der Waals surface area contributed by atoms with Gasteiger partial charge in [0.05, 0.1) is 5.69 Å². The zero-order valence-electron chi connectivity index (χ0n) is 13.6. The van der Waals surface area contributed by atoms with Crippen molar-refractivity contribution >= 4 is 0 Å². The molecular formula is C16H20N6O. The molecule has 7 heteroatoms. The molecule has 0 aliphatic carbocycles. The molecule has 0 unspecified atom stereocenters. The zero-order valence-corrected chi connectivity index (χ0v) is 13.6. The highest BCUT2D eigenvalue weighted by atomic mass is 16.5. The summed E-state index contributed by atoms with van der Waals surface area (Å²) in [6.07, 6.45) is 3.95. The SMILES string of the molecule is COCc1nc(CCn2cncn2)n(-c2cc(C)ccc2C)n1. The van der Waals surface area contributed by atoms with Gasteiger partial charge in [-0.25, -0.2) is 14.6 Å². The number of aryl methyl sites for hydroxylation is 4. The summed E-state index contributed by atoms with van der Waals surface area (Å²) in [6, 6.07) is 6.32. The summed E-state index contributed by atoms with van der Waals surface area (Å²) in [4.78, 5) is 8.58. The summed E-state index contributed by atoms with van der Waals surface area (Å²) in [5, 5.41) is 8.74. The van der Waals surface area contributed by atoms with Gasteiger partial charge in [-0.2, -0.15) is 5.10 Å². The molecule has 0 saturated heterocycles. The minimum atomic E-state index is 0.397. The smallest absolute Gasteiger partial charge is 0.176 e. The fraction of sp³-hybridized carbons (Fsp3) is 0.375. The van der Waals surface area contributed by atoms with Crippen molar-refractivity contribution in [2.45, 2.75) is 33.4 Å². The summed E-state index contributed by atoms with van der Waals surface area (Å²) in [6.45, 7) is 5.25. The molecule has 1 aromatic carbocycles. The second-order valence-corrected chi connectivity index (χ2v) is 5.49. The first-order valence-electron chi connectivity index (χ1n) is 7.51. The lowest BCUT2D eigenvalue weighted by Gasteiger charge is -2.10. The minimum absolute atomic E-state index is 0.397. The molecule has 2 aromatic heterocycles. The van der Waals surface area contributed by atoms with Crippen molar-refractivity contribution in [3.05, 3.63) is 53.6 Å². The van der Waals surface area contributed by atoms with Gasteiger partial charge in [0.25, 0.3) is 0 Å². The molecule has 3 aromatic rings. The molecule has 0 aliphatic rings. The maximum atomic E-state index is 5.17. The van der Waals surface area contributed by atoms with Gasteiger partial charge >= 0.3 is 0 Å². The van der Waals surface area contributed by atoms with E-state index in [1.54, 1.807) is 18.1 Å². The van der Waals surface area contributed by atoms with Gasteiger partial charge in [-0.15, -0.1) is 5.10 Å². The fourth-order valence-electron chi connectivity index (χ4n) is 2.45. The number of nitrogens with zero attached hydrogens (tertiary/aromatic N) is 6. The van der Waals surface area contributed by atoms with E-state index < -0.39 is 0 Å². The number of benzene rings is 1. The van der Waals surface area contributed by atoms with Gasteiger partial charge < -0.3 is 4.74 Å². The predicted octanol–water partition coefficient (Wildman–Crippen LogP) is 1.86. The average Bonchev–Trinajstić information content (AvgIpc) is 3.17. The monoisotopic (exact) mass is 312 g/mol. The van der Waals surface area contributed by atoms with Crippen LogP contribution in [-0.2, 0) is 24.3 Å². The van der Waals surface area contributed by atoms with Crippen molar-refractivity contribution in [2.75, 3.05) is 7.11 Å². The standard InChI is InChI=1S/C16H20N6O/c1-12-4-5-13(2)14(8-12)22-16(19-15(20-22)9-23-3)6-7-21-11-17-10-18-21/h4-5,8,10-11H,6-7,9H2,1-3H3. The zero-order chi connectivity index (χ0) is 16.2. The highest BCUT2D eigenvalue weighted by Gasteiger charge is 2.13. The van der Waals surface area contributed by atoms with Crippen LogP contribution in [0.4, 0.5) is 0 Å². The number of rotatable bonds is 6. The van der Waals surface area contributed by atoms with E-state index in [9.17, 15) is 0 Å². The lowest BCUT2D eigenvalue weighted by molar-refractivity contribution is 0.178. The molecule has 0 fully saturated rings. The van der Waals surface area contributed by atoms with Crippen molar-refractivity contribution in [2.24, 2.45) is 0 Å². The summed E-state index contributed by atoms with van der Waals surface area (Å²) < 4.78 is 8.87. The summed E-state index contributed by atoms with van der Waals surface area (Å²) in [7, 11) is 1.65. The third-order valence-corrected chi connectivity index (χ3v) is 3.62. The molecule has 120 valence electrons. The summed E-state index contributed by atoms with van der Waals surface area (Å²) in [5.41, 5.74) is 3.40. The van der Waals surface area contributed by atoms with E-state index in [4.69, 9.17) is 4.74 Å². The van der Waals surface area contributed by atoms with Crippen LogP contribution in [0.1, 0.15) is 22.8 Å². The van der Waals surface area contributed by atoms with Crippen molar-refractivity contribution in [3.63, 3.8) is 0 Å². The van der Waals surface area contributed by atoms with Crippen molar-refractivity contribution in [1.82, 2.24) is 29.5 Å². The molecule has 0 bridgehead atoms. The predicted molar refractivity (Wildman–Crippen MR) is 85.3 cm³/mol. The Labute approximate surface area is 135 Å². The van der Waals surface area contributed by atoms with E-state index in [0.717, 1.165) is 17.1 Å². The Morgan fingerprint density at radius 3 is 2.83 bits per heavy atom. The van der Waals surface area contributed by atoms with Gasteiger partial charge in [0.1, 0.15) is 25.1 Å². The van der Waals surface area contributed by atoms with Crippen LogP contribution in [0.3, 0.4) is 0 Å². The van der Waals surface area contributed by atoms with Crippen molar-refractivity contribution in [3.8, 4) is 5.69 Å². The summed E-state index contributed by atoms with van der Waals surface area (Å²) in [5.74, 6) is 1.57.